The highest BCUT2D eigenvalue weighted by atomic mass is 19.4. The molecule has 0 aromatic carbocycles. The Hall–Kier alpha value is -1.06. The third kappa shape index (κ3) is 2.25. The number of carbonyl (C=O) groups is 1. The molecule has 1 aliphatic rings. The Bertz CT molecular complexity index is 310. The minimum atomic E-state index is -4.27. The SMILES string of the molecule is CC(=O)C1=CC=C(C(F)(F)F)CC1C. The maximum absolute atomic E-state index is 12.3. The van der Waals surface area contributed by atoms with Crippen molar-refractivity contribution >= 4 is 5.78 Å². The molecule has 0 radical (unpaired) electrons. The van der Waals surface area contributed by atoms with E-state index in [2.05, 4.69) is 0 Å². The van der Waals surface area contributed by atoms with Gasteiger partial charge in [-0.15, -0.1) is 0 Å². The molecule has 1 nitrogen and oxygen atoms in total. The lowest BCUT2D eigenvalue weighted by atomic mass is 9.86. The van der Waals surface area contributed by atoms with Gasteiger partial charge < -0.3 is 0 Å². The maximum Gasteiger partial charge on any atom is 0.412 e. The lowest BCUT2D eigenvalue weighted by molar-refractivity contribution is -0.114. The summed E-state index contributed by atoms with van der Waals surface area (Å²) >= 11 is 0. The zero-order valence-electron chi connectivity index (χ0n) is 7.98. The molecule has 4 heteroatoms. The topological polar surface area (TPSA) is 17.1 Å². The Morgan fingerprint density at radius 2 is 2.00 bits per heavy atom. The van der Waals surface area contributed by atoms with Gasteiger partial charge in [-0.2, -0.15) is 13.2 Å². The van der Waals surface area contributed by atoms with E-state index < -0.39 is 11.7 Å². The molecule has 0 aromatic heterocycles. The van der Waals surface area contributed by atoms with Gasteiger partial charge in [0.1, 0.15) is 0 Å². The number of halogens is 3. The average Bonchev–Trinajstić information content (AvgIpc) is 2.01. The van der Waals surface area contributed by atoms with Gasteiger partial charge in [-0.1, -0.05) is 19.1 Å². The molecule has 0 aromatic rings. The molecule has 0 spiro atoms. The van der Waals surface area contributed by atoms with Gasteiger partial charge in [-0.05, 0) is 24.8 Å². The van der Waals surface area contributed by atoms with Crippen LogP contribution in [0.1, 0.15) is 20.3 Å². The second-order valence-electron chi connectivity index (χ2n) is 3.47. The fraction of sp³-hybridized carbons (Fsp3) is 0.500. The van der Waals surface area contributed by atoms with Crippen molar-refractivity contribution in [2.24, 2.45) is 5.92 Å². The normalized spacial score (nSPS) is 22.8. The predicted octanol–water partition coefficient (Wildman–Crippen LogP) is 3.03. The number of ketones is 1. The van der Waals surface area contributed by atoms with Crippen molar-refractivity contribution < 1.29 is 18.0 Å². The zero-order chi connectivity index (χ0) is 10.9. The number of allylic oxidation sites excluding steroid dienone is 4. The Morgan fingerprint density at radius 1 is 1.43 bits per heavy atom. The number of alkyl halides is 3. The third-order valence-corrected chi connectivity index (χ3v) is 2.29. The first-order chi connectivity index (χ1) is 6.32. The van der Waals surface area contributed by atoms with Crippen molar-refractivity contribution in [2.45, 2.75) is 26.4 Å². The molecule has 1 rings (SSSR count). The summed E-state index contributed by atoms with van der Waals surface area (Å²) in [5.74, 6) is -0.496. The first-order valence-corrected chi connectivity index (χ1v) is 4.31. The summed E-state index contributed by atoms with van der Waals surface area (Å²) in [4.78, 5) is 11.0. The molecule has 1 atom stereocenters. The van der Waals surface area contributed by atoms with Crippen molar-refractivity contribution in [1.82, 2.24) is 0 Å². The number of hydrogen-bond acceptors (Lipinski definition) is 1. The Labute approximate surface area is 80.3 Å². The van der Waals surface area contributed by atoms with Gasteiger partial charge in [0.05, 0.1) is 0 Å². The van der Waals surface area contributed by atoms with Crippen LogP contribution >= 0.6 is 0 Å². The molecule has 1 unspecified atom stereocenters. The van der Waals surface area contributed by atoms with Crippen molar-refractivity contribution in [2.75, 3.05) is 0 Å². The average molecular weight is 204 g/mol. The number of hydrogen-bond donors (Lipinski definition) is 0. The van der Waals surface area contributed by atoms with Crippen LogP contribution < -0.4 is 0 Å². The third-order valence-electron chi connectivity index (χ3n) is 2.29. The van der Waals surface area contributed by atoms with Gasteiger partial charge in [0.25, 0.3) is 0 Å². The van der Waals surface area contributed by atoms with Crippen LogP contribution in [-0.4, -0.2) is 12.0 Å². The molecule has 14 heavy (non-hydrogen) atoms. The van der Waals surface area contributed by atoms with Crippen LogP contribution in [0.25, 0.3) is 0 Å². The quantitative estimate of drug-likeness (QED) is 0.641. The van der Waals surface area contributed by atoms with Crippen LogP contribution in [-0.2, 0) is 4.79 Å². The number of carbonyl (C=O) groups excluding carboxylic acids is 1. The van der Waals surface area contributed by atoms with Gasteiger partial charge in [0.15, 0.2) is 5.78 Å². The Kier molecular flexibility index (Phi) is 2.83. The lowest BCUT2D eigenvalue weighted by Crippen LogP contribution is -2.19. The van der Waals surface area contributed by atoms with Gasteiger partial charge in [0, 0.05) is 5.57 Å². The van der Waals surface area contributed by atoms with E-state index in [1.807, 2.05) is 0 Å². The first-order valence-electron chi connectivity index (χ1n) is 4.31. The molecular formula is C10H11F3O. The van der Waals surface area contributed by atoms with E-state index in [4.69, 9.17) is 0 Å². The molecule has 1 aliphatic carbocycles. The van der Waals surface area contributed by atoms with E-state index in [0.29, 0.717) is 5.57 Å². The summed E-state index contributed by atoms with van der Waals surface area (Å²) in [5, 5.41) is 0. The van der Waals surface area contributed by atoms with Crippen molar-refractivity contribution in [3.63, 3.8) is 0 Å². The van der Waals surface area contributed by atoms with Crippen molar-refractivity contribution in [3.8, 4) is 0 Å². The highest BCUT2D eigenvalue weighted by Gasteiger charge is 2.36. The molecular weight excluding hydrogens is 193 g/mol. The Morgan fingerprint density at radius 3 is 2.36 bits per heavy atom. The largest absolute Gasteiger partial charge is 0.412 e. The van der Waals surface area contributed by atoms with E-state index in [0.717, 1.165) is 6.08 Å². The molecule has 0 bridgehead atoms. The maximum atomic E-state index is 12.3. The minimum absolute atomic E-state index is 0.102. The summed E-state index contributed by atoms with van der Waals surface area (Å²) in [6, 6.07) is 0. The second-order valence-corrected chi connectivity index (χ2v) is 3.47. The van der Waals surface area contributed by atoms with Crippen molar-refractivity contribution in [3.05, 3.63) is 23.3 Å². The van der Waals surface area contributed by atoms with E-state index in [9.17, 15) is 18.0 Å². The van der Waals surface area contributed by atoms with E-state index in [1.165, 1.54) is 13.0 Å². The Balaban J connectivity index is 2.95. The fourth-order valence-corrected chi connectivity index (χ4v) is 1.54. The molecule has 0 saturated heterocycles. The smallest absolute Gasteiger partial charge is 0.295 e. The molecule has 78 valence electrons. The van der Waals surface area contributed by atoms with Gasteiger partial charge in [-0.25, -0.2) is 0 Å². The standard InChI is InChI=1S/C10H11F3O/c1-6-5-8(10(11,12)13)3-4-9(6)7(2)14/h3-4,6H,5H2,1-2H3. The fourth-order valence-electron chi connectivity index (χ4n) is 1.54. The van der Waals surface area contributed by atoms with Crippen LogP contribution in [0.15, 0.2) is 23.3 Å². The lowest BCUT2D eigenvalue weighted by Gasteiger charge is -2.21. The van der Waals surface area contributed by atoms with Gasteiger partial charge in [0.2, 0.25) is 0 Å². The van der Waals surface area contributed by atoms with E-state index in [1.54, 1.807) is 6.92 Å². The van der Waals surface area contributed by atoms with Crippen LogP contribution in [0.2, 0.25) is 0 Å². The molecule has 0 N–H and O–H groups in total. The summed E-state index contributed by atoms with van der Waals surface area (Å²) in [6.07, 6.45) is -2.10. The van der Waals surface area contributed by atoms with Crippen LogP contribution in [0.5, 0.6) is 0 Å². The van der Waals surface area contributed by atoms with Crippen LogP contribution in [0.3, 0.4) is 0 Å². The molecule has 0 saturated carbocycles. The highest BCUT2D eigenvalue weighted by Crippen LogP contribution is 2.35. The number of rotatable bonds is 1. The predicted molar refractivity (Wildman–Crippen MR) is 46.7 cm³/mol. The van der Waals surface area contributed by atoms with Gasteiger partial charge in [-0.3, -0.25) is 4.79 Å². The summed E-state index contributed by atoms with van der Waals surface area (Å²) < 4.78 is 36.8. The molecule has 0 fully saturated rings. The number of Topliss-reactive ketones (excluding diaryl/α,β-unsaturated/α-hetero) is 1. The molecule has 0 amide bonds. The van der Waals surface area contributed by atoms with E-state index in [-0.39, 0.29) is 18.1 Å². The van der Waals surface area contributed by atoms with Gasteiger partial charge >= 0.3 is 6.18 Å². The summed E-state index contributed by atoms with van der Waals surface area (Å²) in [6.45, 7) is 3.00. The summed E-state index contributed by atoms with van der Waals surface area (Å²) in [5.41, 5.74) is -0.0898. The second kappa shape index (κ2) is 3.59. The highest BCUT2D eigenvalue weighted by molar-refractivity contribution is 5.94. The van der Waals surface area contributed by atoms with E-state index >= 15 is 0 Å². The zero-order valence-corrected chi connectivity index (χ0v) is 7.98. The summed E-state index contributed by atoms with van der Waals surface area (Å²) in [7, 11) is 0. The van der Waals surface area contributed by atoms with Crippen LogP contribution in [0.4, 0.5) is 13.2 Å². The van der Waals surface area contributed by atoms with Crippen molar-refractivity contribution in [1.29, 1.82) is 0 Å². The molecule has 0 aliphatic heterocycles. The monoisotopic (exact) mass is 204 g/mol. The minimum Gasteiger partial charge on any atom is -0.295 e. The first kappa shape index (κ1) is 11.0. The van der Waals surface area contributed by atoms with Crippen LogP contribution in [0, 0.1) is 5.92 Å². The molecule has 0 heterocycles.